The van der Waals surface area contributed by atoms with Gasteiger partial charge < -0.3 is 5.73 Å². The first-order chi connectivity index (χ1) is 8.36. The zero-order valence-corrected chi connectivity index (χ0v) is 9.43. The predicted molar refractivity (Wildman–Crippen MR) is 73.8 cm³/mol. The van der Waals surface area contributed by atoms with Crippen LogP contribution in [-0.2, 0) is 0 Å². The van der Waals surface area contributed by atoms with E-state index >= 15 is 0 Å². The van der Waals surface area contributed by atoms with Crippen LogP contribution in [0.2, 0.25) is 0 Å². The number of benzene rings is 3. The zero-order chi connectivity index (χ0) is 11.7. The van der Waals surface area contributed by atoms with Gasteiger partial charge in [0.05, 0.1) is 0 Å². The SMILES string of the molecule is Nc1ccccc1-c1cccc2ccccc12. The lowest BCUT2D eigenvalue weighted by molar-refractivity contribution is 1.64. The van der Waals surface area contributed by atoms with Gasteiger partial charge in [-0.2, -0.15) is 0 Å². The molecule has 0 fully saturated rings. The third-order valence-electron chi connectivity index (χ3n) is 3.04. The van der Waals surface area contributed by atoms with Gasteiger partial charge in [-0.05, 0) is 22.4 Å². The quantitative estimate of drug-likeness (QED) is 0.613. The Labute approximate surface area is 101 Å². The van der Waals surface area contributed by atoms with Gasteiger partial charge in [0.2, 0.25) is 0 Å². The number of nitrogens with two attached hydrogens (primary N) is 1. The molecule has 0 saturated heterocycles. The van der Waals surface area contributed by atoms with Crippen molar-refractivity contribution in [2.45, 2.75) is 0 Å². The molecule has 0 unspecified atom stereocenters. The molecule has 3 rings (SSSR count). The van der Waals surface area contributed by atoms with Gasteiger partial charge in [-0.15, -0.1) is 0 Å². The minimum atomic E-state index is 0.823. The molecular formula is C16H13N. The van der Waals surface area contributed by atoms with Crippen LogP contribution < -0.4 is 5.73 Å². The van der Waals surface area contributed by atoms with E-state index in [2.05, 4.69) is 48.5 Å². The molecule has 0 radical (unpaired) electrons. The standard InChI is InChI=1S/C16H13N/c17-16-11-4-3-9-15(16)14-10-5-7-12-6-1-2-8-13(12)14/h1-11H,17H2. The smallest absolute Gasteiger partial charge is 0.0393 e. The fourth-order valence-electron chi connectivity index (χ4n) is 2.20. The van der Waals surface area contributed by atoms with E-state index in [1.807, 2.05) is 18.2 Å². The third kappa shape index (κ3) is 1.66. The highest BCUT2D eigenvalue weighted by Crippen LogP contribution is 2.31. The number of hydrogen-bond acceptors (Lipinski definition) is 1. The molecule has 3 aromatic rings. The Kier molecular flexibility index (Phi) is 2.30. The summed E-state index contributed by atoms with van der Waals surface area (Å²) >= 11 is 0. The van der Waals surface area contributed by atoms with Crippen molar-refractivity contribution >= 4 is 16.5 Å². The Morgan fingerprint density at radius 2 is 1.24 bits per heavy atom. The van der Waals surface area contributed by atoms with Crippen LogP contribution >= 0.6 is 0 Å². The molecule has 3 aromatic carbocycles. The first-order valence-electron chi connectivity index (χ1n) is 5.69. The van der Waals surface area contributed by atoms with Crippen molar-refractivity contribution in [3.8, 4) is 11.1 Å². The average molecular weight is 219 g/mol. The van der Waals surface area contributed by atoms with E-state index in [4.69, 9.17) is 5.73 Å². The number of hydrogen-bond donors (Lipinski definition) is 1. The molecule has 17 heavy (non-hydrogen) atoms. The Balaban J connectivity index is 2.35. The lowest BCUT2D eigenvalue weighted by Crippen LogP contribution is -1.89. The van der Waals surface area contributed by atoms with Crippen LogP contribution in [0.5, 0.6) is 0 Å². The maximum Gasteiger partial charge on any atom is 0.0393 e. The van der Waals surface area contributed by atoms with Crippen LogP contribution in [0.25, 0.3) is 21.9 Å². The van der Waals surface area contributed by atoms with E-state index in [0.717, 1.165) is 11.3 Å². The van der Waals surface area contributed by atoms with Gasteiger partial charge in [0.25, 0.3) is 0 Å². The van der Waals surface area contributed by atoms with Gasteiger partial charge in [0.1, 0.15) is 0 Å². The molecule has 0 saturated carbocycles. The van der Waals surface area contributed by atoms with Crippen molar-refractivity contribution < 1.29 is 0 Å². The number of nitrogen functional groups attached to an aromatic ring is 1. The second kappa shape index (κ2) is 3.95. The van der Waals surface area contributed by atoms with Gasteiger partial charge in [-0.1, -0.05) is 60.7 Å². The first-order valence-corrected chi connectivity index (χ1v) is 5.69. The van der Waals surface area contributed by atoms with Gasteiger partial charge in [-0.25, -0.2) is 0 Å². The topological polar surface area (TPSA) is 26.0 Å². The van der Waals surface area contributed by atoms with E-state index in [1.54, 1.807) is 0 Å². The van der Waals surface area contributed by atoms with E-state index in [-0.39, 0.29) is 0 Å². The average Bonchev–Trinajstić information content (AvgIpc) is 2.39. The minimum absolute atomic E-state index is 0.823. The molecule has 0 aliphatic rings. The van der Waals surface area contributed by atoms with Crippen molar-refractivity contribution in [3.63, 3.8) is 0 Å². The number of rotatable bonds is 1. The fourth-order valence-corrected chi connectivity index (χ4v) is 2.20. The van der Waals surface area contributed by atoms with Crippen LogP contribution in [0.1, 0.15) is 0 Å². The summed E-state index contributed by atoms with van der Waals surface area (Å²) < 4.78 is 0. The summed E-state index contributed by atoms with van der Waals surface area (Å²) in [6.07, 6.45) is 0. The van der Waals surface area contributed by atoms with Crippen LogP contribution in [0, 0.1) is 0 Å². The predicted octanol–water partition coefficient (Wildman–Crippen LogP) is 4.09. The molecule has 2 N–H and O–H groups in total. The molecule has 0 spiro atoms. The summed E-state index contributed by atoms with van der Waals surface area (Å²) in [7, 11) is 0. The van der Waals surface area contributed by atoms with Gasteiger partial charge in [-0.3, -0.25) is 0 Å². The van der Waals surface area contributed by atoms with E-state index in [9.17, 15) is 0 Å². The summed E-state index contributed by atoms with van der Waals surface area (Å²) in [6, 6.07) is 22.7. The second-order valence-electron chi connectivity index (χ2n) is 4.11. The normalized spacial score (nSPS) is 10.6. The monoisotopic (exact) mass is 219 g/mol. The fraction of sp³-hybridized carbons (Fsp3) is 0. The Morgan fingerprint density at radius 1 is 0.588 bits per heavy atom. The van der Waals surface area contributed by atoms with Crippen molar-refractivity contribution in [1.29, 1.82) is 0 Å². The molecule has 0 aliphatic heterocycles. The van der Waals surface area contributed by atoms with Gasteiger partial charge in [0, 0.05) is 11.3 Å². The van der Waals surface area contributed by atoms with Gasteiger partial charge in [0.15, 0.2) is 0 Å². The first kappa shape index (κ1) is 9.91. The number of anilines is 1. The molecule has 0 aliphatic carbocycles. The summed E-state index contributed by atoms with van der Waals surface area (Å²) in [4.78, 5) is 0. The molecule has 0 amide bonds. The number of fused-ring (bicyclic) bond motifs is 1. The minimum Gasteiger partial charge on any atom is -0.398 e. The maximum atomic E-state index is 6.04. The second-order valence-corrected chi connectivity index (χ2v) is 4.11. The highest BCUT2D eigenvalue weighted by atomic mass is 14.6. The van der Waals surface area contributed by atoms with E-state index < -0.39 is 0 Å². The summed E-state index contributed by atoms with van der Waals surface area (Å²) in [6.45, 7) is 0. The van der Waals surface area contributed by atoms with E-state index in [0.29, 0.717) is 0 Å². The van der Waals surface area contributed by atoms with Crippen LogP contribution in [0.15, 0.2) is 66.7 Å². The summed E-state index contributed by atoms with van der Waals surface area (Å²) in [5, 5.41) is 2.49. The molecule has 0 aromatic heterocycles. The zero-order valence-electron chi connectivity index (χ0n) is 9.43. The van der Waals surface area contributed by atoms with Crippen molar-refractivity contribution in [1.82, 2.24) is 0 Å². The molecule has 1 nitrogen and oxygen atoms in total. The Morgan fingerprint density at radius 3 is 2.12 bits per heavy atom. The highest BCUT2D eigenvalue weighted by molar-refractivity contribution is 5.99. The van der Waals surface area contributed by atoms with E-state index in [1.165, 1.54) is 16.3 Å². The Bertz CT molecular complexity index is 666. The van der Waals surface area contributed by atoms with Crippen molar-refractivity contribution in [2.24, 2.45) is 0 Å². The molecule has 82 valence electrons. The summed E-state index contributed by atoms with van der Waals surface area (Å²) in [5.74, 6) is 0. The maximum absolute atomic E-state index is 6.04. The molecular weight excluding hydrogens is 206 g/mol. The van der Waals surface area contributed by atoms with Crippen molar-refractivity contribution in [3.05, 3.63) is 66.7 Å². The van der Waals surface area contributed by atoms with Crippen LogP contribution in [0.3, 0.4) is 0 Å². The Hall–Kier alpha value is -2.28. The van der Waals surface area contributed by atoms with Crippen molar-refractivity contribution in [2.75, 3.05) is 5.73 Å². The van der Waals surface area contributed by atoms with Gasteiger partial charge >= 0.3 is 0 Å². The number of para-hydroxylation sites is 1. The van der Waals surface area contributed by atoms with Crippen LogP contribution in [-0.4, -0.2) is 0 Å². The summed E-state index contributed by atoms with van der Waals surface area (Å²) in [5.41, 5.74) is 9.16. The largest absolute Gasteiger partial charge is 0.398 e. The molecule has 0 bridgehead atoms. The third-order valence-corrected chi connectivity index (χ3v) is 3.04. The lowest BCUT2D eigenvalue weighted by Gasteiger charge is -2.09. The molecule has 0 atom stereocenters. The molecule has 0 heterocycles. The molecule has 1 heteroatoms. The van der Waals surface area contributed by atoms with Crippen LogP contribution in [0.4, 0.5) is 5.69 Å². The lowest BCUT2D eigenvalue weighted by atomic mass is 9.97. The highest BCUT2D eigenvalue weighted by Gasteiger charge is 2.05.